The molecule has 1 aromatic rings. The van der Waals surface area contributed by atoms with Gasteiger partial charge in [-0.05, 0) is 44.6 Å². The lowest BCUT2D eigenvalue weighted by atomic mass is 9.92. The summed E-state index contributed by atoms with van der Waals surface area (Å²) in [5.74, 6) is 0.891. The summed E-state index contributed by atoms with van der Waals surface area (Å²) in [4.78, 5) is 22.5. The van der Waals surface area contributed by atoms with Crippen LogP contribution in [0, 0.1) is 31.6 Å². The second kappa shape index (κ2) is 5.13. The summed E-state index contributed by atoms with van der Waals surface area (Å²) in [7, 11) is 0. The first-order chi connectivity index (χ1) is 9.52. The van der Waals surface area contributed by atoms with Crippen LogP contribution in [0.1, 0.15) is 30.1 Å². The van der Waals surface area contributed by atoms with Crippen molar-refractivity contribution in [3.05, 3.63) is 23.3 Å². The molecule has 2 fully saturated rings. The molecule has 1 saturated carbocycles. The lowest BCUT2D eigenvalue weighted by molar-refractivity contribution is -0.142. The number of carboxylic acid groups (broad SMARTS) is 1. The Bertz CT molecular complexity index is 508. The van der Waals surface area contributed by atoms with Gasteiger partial charge in [0.15, 0.2) is 0 Å². The number of likely N-dealkylation sites (tertiary alicyclic amines) is 1. The van der Waals surface area contributed by atoms with E-state index in [1.807, 2.05) is 19.9 Å². The molecule has 2 aliphatic rings. The molecule has 5 heteroatoms. The number of carbonyl (C=O) groups is 1. The third-order valence-electron chi connectivity index (χ3n) is 4.38. The fourth-order valence-corrected chi connectivity index (χ4v) is 3.38. The molecule has 2 heterocycles. The van der Waals surface area contributed by atoms with Crippen molar-refractivity contribution in [2.24, 2.45) is 17.8 Å². The molecule has 1 saturated heterocycles. The minimum Gasteiger partial charge on any atom is -0.481 e. The Morgan fingerprint density at radius 2 is 1.95 bits per heavy atom. The first kappa shape index (κ1) is 13.5. The average Bonchev–Trinajstić information content (AvgIpc) is 3.09. The lowest BCUT2D eigenvalue weighted by Gasteiger charge is -2.15. The number of nitrogens with zero attached hydrogens (tertiary/aromatic N) is 3. The van der Waals surface area contributed by atoms with E-state index in [9.17, 15) is 9.90 Å². The Balaban J connectivity index is 1.70. The van der Waals surface area contributed by atoms with Crippen molar-refractivity contribution < 1.29 is 9.90 Å². The van der Waals surface area contributed by atoms with Crippen LogP contribution in [0.5, 0.6) is 0 Å². The molecule has 20 heavy (non-hydrogen) atoms. The Labute approximate surface area is 119 Å². The molecule has 1 N–H and O–H groups in total. The Kier molecular flexibility index (Phi) is 3.46. The third kappa shape index (κ3) is 2.82. The smallest absolute Gasteiger partial charge is 0.308 e. The van der Waals surface area contributed by atoms with Crippen LogP contribution in [0.15, 0.2) is 6.07 Å². The van der Waals surface area contributed by atoms with E-state index in [1.165, 1.54) is 12.8 Å². The van der Waals surface area contributed by atoms with Gasteiger partial charge in [-0.1, -0.05) is 0 Å². The number of rotatable bonds is 4. The van der Waals surface area contributed by atoms with E-state index >= 15 is 0 Å². The minimum atomic E-state index is -0.647. The number of carboxylic acids is 1. The highest BCUT2D eigenvalue weighted by molar-refractivity contribution is 5.71. The molecule has 0 unspecified atom stereocenters. The predicted molar refractivity (Wildman–Crippen MR) is 74.1 cm³/mol. The van der Waals surface area contributed by atoms with Gasteiger partial charge in [-0.25, -0.2) is 9.97 Å². The number of aliphatic carboxylic acids is 1. The zero-order chi connectivity index (χ0) is 14.3. The van der Waals surface area contributed by atoms with E-state index in [0.29, 0.717) is 24.9 Å². The highest BCUT2D eigenvalue weighted by Gasteiger charge is 2.45. The third-order valence-corrected chi connectivity index (χ3v) is 4.38. The SMILES string of the molecule is Cc1cc(C)nc(CN2C[C@@H](C(=O)O)[C@H](C3CC3)C2)n1. The monoisotopic (exact) mass is 275 g/mol. The van der Waals surface area contributed by atoms with Gasteiger partial charge in [-0.3, -0.25) is 9.69 Å². The van der Waals surface area contributed by atoms with E-state index in [2.05, 4.69) is 14.9 Å². The zero-order valence-corrected chi connectivity index (χ0v) is 12.0. The molecule has 1 aliphatic carbocycles. The lowest BCUT2D eigenvalue weighted by Crippen LogP contribution is -2.24. The zero-order valence-electron chi connectivity index (χ0n) is 12.0. The fraction of sp³-hybridized carbons (Fsp3) is 0.667. The van der Waals surface area contributed by atoms with Crippen molar-refractivity contribution in [3.63, 3.8) is 0 Å². The summed E-state index contributed by atoms with van der Waals surface area (Å²) in [5, 5.41) is 9.37. The molecule has 0 aromatic carbocycles. The van der Waals surface area contributed by atoms with Crippen molar-refractivity contribution in [2.75, 3.05) is 13.1 Å². The molecular weight excluding hydrogens is 254 g/mol. The van der Waals surface area contributed by atoms with E-state index in [0.717, 1.165) is 23.8 Å². The topological polar surface area (TPSA) is 66.3 Å². The van der Waals surface area contributed by atoms with Crippen LogP contribution in [-0.2, 0) is 11.3 Å². The second-order valence-electron chi connectivity index (χ2n) is 6.21. The maximum absolute atomic E-state index is 11.4. The van der Waals surface area contributed by atoms with E-state index < -0.39 is 5.97 Å². The highest BCUT2D eigenvalue weighted by atomic mass is 16.4. The quantitative estimate of drug-likeness (QED) is 0.904. The summed E-state index contributed by atoms with van der Waals surface area (Å²) < 4.78 is 0. The molecule has 2 atom stereocenters. The first-order valence-corrected chi connectivity index (χ1v) is 7.29. The maximum Gasteiger partial charge on any atom is 0.308 e. The van der Waals surface area contributed by atoms with Crippen molar-refractivity contribution in [1.29, 1.82) is 0 Å². The van der Waals surface area contributed by atoms with Crippen molar-refractivity contribution in [2.45, 2.75) is 33.2 Å². The molecule has 108 valence electrons. The average molecular weight is 275 g/mol. The number of aromatic nitrogens is 2. The van der Waals surface area contributed by atoms with Gasteiger partial charge < -0.3 is 5.11 Å². The Hall–Kier alpha value is -1.49. The maximum atomic E-state index is 11.4. The van der Waals surface area contributed by atoms with E-state index in [-0.39, 0.29) is 5.92 Å². The van der Waals surface area contributed by atoms with Crippen molar-refractivity contribution in [1.82, 2.24) is 14.9 Å². The van der Waals surface area contributed by atoms with Crippen molar-refractivity contribution in [3.8, 4) is 0 Å². The molecule has 0 radical (unpaired) electrons. The van der Waals surface area contributed by atoms with Gasteiger partial charge in [0.25, 0.3) is 0 Å². The van der Waals surface area contributed by atoms with E-state index in [1.54, 1.807) is 0 Å². The Morgan fingerprint density at radius 3 is 2.50 bits per heavy atom. The van der Waals surface area contributed by atoms with Crippen LogP contribution < -0.4 is 0 Å². The number of hydrogen-bond acceptors (Lipinski definition) is 4. The molecule has 1 aromatic heterocycles. The van der Waals surface area contributed by atoms with Crippen LogP contribution in [0.4, 0.5) is 0 Å². The molecule has 5 nitrogen and oxygen atoms in total. The summed E-state index contributed by atoms with van der Waals surface area (Å²) in [5.41, 5.74) is 1.94. The van der Waals surface area contributed by atoms with Gasteiger partial charge in [0, 0.05) is 24.5 Å². The molecule has 1 aliphatic heterocycles. The Morgan fingerprint density at radius 1 is 1.30 bits per heavy atom. The van der Waals surface area contributed by atoms with E-state index in [4.69, 9.17) is 0 Å². The van der Waals surface area contributed by atoms with Gasteiger partial charge in [0.05, 0.1) is 12.5 Å². The highest BCUT2D eigenvalue weighted by Crippen LogP contribution is 2.44. The number of aryl methyl sites for hydroxylation is 2. The van der Waals surface area contributed by atoms with Gasteiger partial charge in [-0.15, -0.1) is 0 Å². The predicted octanol–water partition coefficient (Wildman–Crippen LogP) is 1.64. The number of hydrogen-bond donors (Lipinski definition) is 1. The van der Waals surface area contributed by atoms with Gasteiger partial charge >= 0.3 is 5.97 Å². The summed E-state index contributed by atoms with van der Waals surface area (Å²) in [6.45, 7) is 6.10. The second-order valence-corrected chi connectivity index (χ2v) is 6.21. The molecule has 3 rings (SSSR count). The fourth-order valence-electron chi connectivity index (χ4n) is 3.38. The largest absolute Gasteiger partial charge is 0.481 e. The van der Waals surface area contributed by atoms with Crippen LogP contribution >= 0.6 is 0 Å². The summed E-state index contributed by atoms with van der Waals surface area (Å²) in [6.07, 6.45) is 2.39. The van der Waals surface area contributed by atoms with Crippen LogP contribution in [0.25, 0.3) is 0 Å². The summed E-state index contributed by atoms with van der Waals surface area (Å²) in [6, 6.07) is 1.96. The van der Waals surface area contributed by atoms with Crippen LogP contribution in [-0.4, -0.2) is 39.0 Å². The normalized spacial score (nSPS) is 26.9. The van der Waals surface area contributed by atoms with Gasteiger partial charge in [0.1, 0.15) is 5.82 Å². The van der Waals surface area contributed by atoms with Crippen LogP contribution in [0.3, 0.4) is 0 Å². The molecule has 0 spiro atoms. The molecule has 0 amide bonds. The molecule has 0 bridgehead atoms. The standard InChI is InChI=1S/C15H21N3O2/c1-9-5-10(2)17-14(16-9)8-18-6-12(11-3-4-11)13(7-18)15(19)20/h5,11-13H,3-4,6-8H2,1-2H3,(H,19,20)/t12-,13+/m0/s1. The minimum absolute atomic E-state index is 0.214. The van der Waals surface area contributed by atoms with Crippen molar-refractivity contribution >= 4 is 5.97 Å². The summed E-state index contributed by atoms with van der Waals surface area (Å²) >= 11 is 0. The van der Waals surface area contributed by atoms with Gasteiger partial charge in [0.2, 0.25) is 0 Å². The van der Waals surface area contributed by atoms with Gasteiger partial charge in [-0.2, -0.15) is 0 Å². The van der Waals surface area contributed by atoms with Crippen LogP contribution in [0.2, 0.25) is 0 Å². The molecular formula is C15H21N3O2. The first-order valence-electron chi connectivity index (χ1n) is 7.29.